The number of carbonyl (C=O) groups is 1. The van der Waals surface area contributed by atoms with Gasteiger partial charge in [-0.05, 0) is 0 Å². The zero-order chi connectivity index (χ0) is 9.23. The second-order valence-electron chi connectivity index (χ2n) is 2.22. The van der Waals surface area contributed by atoms with E-state index in [0.29, 0.717) is 38.5 Å². The van der Waals surface area contributed by atoms with Gasteiger partial charge in [-0.2, -0.15) is 12.6 Å². The van der Waals surface area contributed by atoms with E-state index < -0.39 is 0 Å². The fourth-order valence-electron chi connectivity index (χ4n) is 0.649. The summed E-state index contributed by atoms with van der Waals surface area (Å²) in [6, 6.07) is 0. The van der Waals surface area contributed by atoms with Crippen LogP contribution in [0, 0.1) is 0 Å². The van der Waals surface area contributed by atoms with Crippen LogP contribution >= 0.6 is 12.6 Å². The van der Waals surface area contributed by atoms with Crippen LogP contribution in [0.4, 0.5) is 0 Å². The van der Waals surface area contributed by atoms with Crippen molar-refractivity contribution < 1.29 is 9.53 Å². The molecule has 4 nitrogen and oxygen atoms in total. The van der Waals surface area contributed by atoms with Gasteiger partial charge in [-0.3, -0.25) is 4.79 Å². The van der Waals surface area contributed by atoms with Crippen LogP contribution in [0.2, 0.25) is 0 Å². The molecule has 0 aromatic heterocycles. The van der Waals surface area contributed by atoms with E-state index in [1.54, 1.807) is 0 Å². The molecule has 0 unspecified atom stereocenters. The number of ether oxygens (including phenoxy) is 1. The third kappa shape index (κ3) is 7.84. The lowest BCUT2D eigenvalue weighted by Crippen LogP contribution is -2.28. The molecule has 0 saturated heterocycles. The number of nitrogens with one attached hydrogen (secondary N) is 1. The minimum absolute atomic E-state index is 0.0213. The Morgan fingerprint density at radius 1 is 1.50 bits per heavy atom. The van der Waals surface area contributed by atoms with Gasteiger partial charge in [0.05, 0.1) is 13.2 Å². The molecule has 5 heteroatoms. The highest BCUT2D eigenvalue weighted by Gasteiger charge is 1.96. The molecule has 0 aliphatic rings. The Hall–Kier alpha value is -0.260. The Morgan fingerprint density at radius 2 is 2.25 bits per heavy atom. The van der Waals surface area contributed by atoms with Crippen molar-refractivity contribution in [2.24, 2.45) is 5.73 Å². The Balaban J connectivity index is 3.03. The van der Waals surface area contributed by atoms with Crippen molar-refractivity contribution in [3.8, 4) is 0 Å². The number of hydrogen-bond donors (Lipinski definition) is 3. The second-order valence-corrected chi connectivity index (χ2v) is 2.67. The molecule has 1 amide bonds. The largest absolute Gasteiger partial charge is 0.379 e. The Morgan fingerprint density at radius 3 is 2.83 bits per heavy atom. The molecular weight excluding hydrogens is 176 g/mol. The maximum Gasteiger partial charge on any atom is 0.221 e. The molecule has 12 heavy (non-hydrogen) atoms. The summed E-state index contributed by atoms with van der Waals surface area (Å²) >= 11 is 3.97. The number of nitrogens with two attached hydrogens (primary N) is 1. The second kappa shape index (κ2) is 8.83. The highest BCUT2D eigenvalue weighted by Crippen LogP contribution is 1.78. The van der Waals surface area contributed by atoms with E-state index in [1.165, 1.54) is 0 Å². The summed E-state index contributed by atoms with van der Waals surface area (Å²) in [6.07, 6.45) is 0.382. The van der Waals surface area contributed by atoms with Gasteiger partial charge >= 0.3 is 0 Å². The van der Waals surface area contributed by atoms with Crippen LogP contribution in [0.1, 0.15) is 6.42 Å². The number of carbonyl (C=O) groups excluding carboxylic acids is 1. The molecular formula is C7H16N2O2S. The van der Waals surface area contributed by atoms with Crippen molar-refractivity contribution in [1.29, 1.82) is 0 Å². The first-order chi connectivity index (χ1) is 5.81. The van der Waals surface area contributed by atoms with Crippen molar-refractivity contribution in [2.45, 2.75) is 6.42 Å². The molecule has 0 spiro atoms. The van der Waals surface area contributed by atoms with Gasteiger partial charge in [0.2, 0.25) is 5.91 Å². The number of amides is 1. The summed E-state index contributed by atoms with van der Waals surface area (Å²) in [5.74, 6) is 0.684. The first-order valence-corrected chi connectivity index (χ1v) is 4.60. The van der Waals surface area contributed by atoms with Crippen LogP contribution in [0.5, 0.6) is 0 Å². The molecule has 0 rings (SSSR count). The smallest absolute Gasteiger partial charge is 0.221 e. The molecule has 3 N–H and O–H groups in total. The molecule has 0 aromatic rings. The molecule has 0 heterocycles. The standard InChI is InChI=1S/C7H16N2O2S/c8-2-1-7(10)9-3-4-11-5-6-12/h12H,1-6,8H2,(H,9,10). The van der Waals surface area contributed by atoms with Gasteiger partial charge in [0.1, 0.15) is 0 Å². The first kappa shape index (κ1) is 11.7. The van der Waals surface area contributed by atoms with Gasteiger partial charge in [0.25, 0.3) is 0 Å². The van der Waals surface area contributed by atoms with Crippen molar-refractivity contribution >= 4 is 18.5 Å². The minimum Gasteiger partial charge on any atom is -0.379 e. The van der Waals surface area contributed by atoms with Gasteiger partial charge in [-0.15, -0.1) is 0 Å². The zero-order valence-corrected chi connectivity index (χ0v) is 7.98. The van der Waals surface area contributed by atoms with Crippen molar-refractivity contribution in [3.05, 3.63) is 0 Å². The topological polar surface area (TPSA) is 64.4 Å². The maximum atomic E-state index is 10.8. The van der Waals surface area contributed by atoms with E-state index in [-0.39, 0.29) is 5.91 Å². The third-order valence-corrected chi connectivity index (χ3v) is 1.36. The molecule has 0 radical (unpaired) electrons. The van der Waals surface area contributed by atoms with Gasteiger partial charge < -0.3 is 15.8 Å². The molecule has 72 valence electrons. The van der Waals surface area contributed by atoms with Crippen molar-refractivity contribution in [3.63, 3.8) is 0 Å². The van der Waals surface area contributed by atoms with E-state index >= 15 is 0 Å². The lowest BCUT2D eigenvalue weighted by Gasteiger charge is -2.04. The summed E-state index contributed by atoms with van der Waals surface area (Å²) in [5, 5.41) is 2.67. The zero-order valence-electron chi connectivity index (χ0n) is 7.08. The van der Waals surface area contributed by atoms with Gasteiger partial charge in [0.15, 0.2) is 0 Å². The molecule has 0 saturated carbocycles. The highest BCUT2D eigenvalue weighted by atomic mass is 32.1. The van der Waals surface area contributed by atoms with E-state index in [0.717, 1.165) is 0 Å². The lowest BCUT2D eigenvalue weighted by molar-refractivity contribution is -0.121. The SMILES string of the molecule is NCCC(=O)NCCOCCS. The molecule has 0 aliphatic carbocycles. The normalized spacial score (nSPS) is 9.83. The highest BCUT2D eigenvalue weighted by molar-refractivity contribution is 7.80. The van der Waals surface area contributed by atoms with Gasteiger partial charge in [-0.25, -0.2) is 0 Å². The molecule has 0 fully saturated rings. The van der Waals surface area contributed by atoms with Crippen molar-refractivity contribution in [2.75, 3.05) is 32.1 Å². The number of hydrogen-bond acceptors (Lipinski definition) is 4. The Kier molecular flexibility index (Phi) is 8.64. The Bertz CT molecular complexity index is 122. The van der Waals surface area contributed by atoms with Crippen molar-refractivity contribution in [1.82, 2.24) is 5.32 Å². The van der Waals surface area contributed by atoms with Crippen LogP contribution in [-0.2, 0) is 9.53 Å². The molecule has 0 aromatic carbocycles. The lowest BCUT2D eigenvalue weighted by atomic mass is 10.4. The average Bonchev–Trinajstić information content (AvgIpc) is 2.05. The molecule has 0 aliphatic heterocycles. The Labute approximate surface area is 78.2 Å². The predicted octanol–water partition coefficient (Wildman–Crippen LogP) is -0.602. The molecule has 0 atom stereocenters. The fraction of sp³-hybridized carbons (Fsp3) is 0.857. The quantitative estimate of drug-likeness (QED) is 0.373. The number of thiol groups is 1. The summed E-state index contributed by atoms with van der Waals surface area (Å²) in [6.45, 7) is 2.10. The van der Waals surface area contributed by atoms with Crippen LogP contribution in [-0.4, -0.2) is 38.0 Å². The van der Waals surface area contributed by atoms with E-state index in [2.05, 4.69) is 17.9 Å². The molecule has 0 bridgehead atoms. The van der Waals surface area contributed by atoms with Gasteiger partial charge in [0, 0.05) is 25.3 Å². The summed E-state index contributed by atoms with van der Waals surface area (Å²) in [4.78, 5) is 10.8. The predicted molar refractivity (Wildman–Crippen MR) is 51.4 cm³/mol. The maximum absolute atomic E-state index is 10.8. The van der Waals surface area contributed by atoms with Crippen LogP contribution in [0.3, 0.4) is 0 Å². The van der Waals surface area contributed by atoms with E-state index in [9.17, 15) is 4.79 Å². The van der Waals surface area contributed by atoms with E-state index in [4.69, 9.17) is 10.5 Å². The fourth-order valence-corrected chi connectivity index (χ4v) is 0.778. The van der Waals surface area contributed by atoms with Crippen LogP contribution < -0.4 is 11.1 Å². The number of rotatable bonds is 7. The minimum atomic E-state index is -0.0213. The van der Waals surface area contributed by atoms with Gasteiger partial charge in [-0.1, -0.05) is 0 Å². The summed E-state index contributed by atoms with van der Waals surface area (Å²) in [7, 11) is 0. The average molecular weight is 192 g/mol. The third-order valence-electron chi connectivity index (χ3n) is 1.18. The summed E-state index contributed by atoms with van der Waals surface area (Å²) in [5.41, 5.74) is 5.18. The van der Waals surface area contributed by atoms with E-state index in [1.807, 2.05) is 0 Å². The monoisotopic (exact) mass is 192 g/mol. The van der Waals surface area contributed by atoms with Crippen LogP contribution in [0.25, 0.3) is 0 Å². The first-order valence-electron chi connectivity index (χ1n) is 3.96. The van der Waals surface area contributed by atoms with Crippen LogP contribution in [0.15, 0.2) is 0 Å². The summed E-state index contributed by atoms with van der Waals surface area (Å²) < 4.78 is 5.09.